The lowest BCUT2D eigenvalue weighted by Crippen LogP contribution is -2.48. The predicted molar refractivity (Wildman–Crippen MR) is 131 cm³/mol. The number of fused-ring (bicyclic) bond motifs is 1. The number of aryl methyl sites for hydroxylation is 1. The summed E-state index contributed by atoms with van der Waals surface area (Å²) in [7, 11) is 1.39. The lowest BCUT2D eigenvalue weighted by Gasteiger charge is -2.34. The molecule has 8 nitrogen and oxygen atoms in total. The number of aromatic nitrogens is 2. The highest BCUT2D eigenvalue weighted by atomic mass is 19.1. The largest absolute Gasteiger partial charge is 0.444 e. The Morgan fingerprint density at radius 1 is 1.19 bits per heavy atom. The van der Waals surface area contributed by atoms with Crippen LogP contribution in [0.2, 0.25) is 0 Å². The summed E-state index contributed by atoms with van der Waals surface area (Å²) < 4.78 is 43.5. The van der Waals surface area contributed by atoms with E-state index in [1.165, 1.54) is 7.05 Å². The van der Waals surface area contributed by atoms with Gasteiger partial charge in [0.15, 0.2) is 0 Å². The van der Waals surface area contributed by atoms with Crippen LogP contribution in [0.15, 0.2) is 30.3 Å². The van der Waals surface area contributed by atoms with Gasteiger partial charge in [-0.25, -0.2) is 18.6 Å². The standard InChI is InChI=1S/C26H30F2N4O4/c1-15-6-7-21-20(10-15)30-23(22-18(27)11-16(12-19(22)28)24(33)29-5)32(21)14-17-13-31(8-9-35-17)25(34)36-26(2,3)4/h6-7,10-12,17H,8-9,13-14H2,1-5H3,(H,29,33)/t17-/m0/s1. The second-order valence-corrected chi connectivity index (χ2v) is 9.85. The van der Waals surface area contributed by atoms with Crippen LogP contribution in [0.5, 0.6) is 0 Å². The zero-order chi connectivity index (χ0) is 26.2. The van der Waals surface area contributed by atoms with Gasteiger partial charge in [0.05, 0.1) is 42.4 Å². The number of nitrogens with zero attached hydrogens (tertiary/aromatic N) is 3. The number of ether oxygens (including phenoxy) is 2. The molecule has 2 heterocycles. The lowest BCUT2D eigenvalue weighted by molar-refractivity contribution is -0.0468. The van der Waals surface area contributed by atoms with E-state index in [4.69, 9.17) is 9.47 Å². The minimum absolute atomic E-state index is 0.0760. The lowest BCUT2D eigenvalue weighted by atomic mass is 10.1. The minimum atomic E-state index is -0.901. The number of hydrogen-bond acceptors (Lipinski definition) is 5. The van der Waals surface area contributed by atoms with Gasteiger partial charge in [-0.1, -0.05) is 6.07 Å². The first-order valence-electron chi connectivity index (χ1n) is 11.7. The Kier molecular flexibility index (Phi) is 6.99. The van der Waals surface area contributed by atoms with Crippen molar-refractivity contribution in [1.29, 1.82) is 0 Å². The van der Waals surface area contributed by atoms with E-state index in [-0.39, 0.29) is 30.0 Å². The molecular formula is C26H30F2N4O4. The summed E-state index contributed by atoms with van der Waals surface area (Å²) in [5.74, 6) is -2.32. The molecule has 0 bridgehead atoms. The van der Waals surface area contributed by atoms with Crippen LogP contribution in [-0.4, -0.2) is 64.9 Å². The maximum Gasteiger partial charge on any atom is 0.410 e. The topological polar surface area (TPSA) is 85.7 Å². The summed E-state index contributed by atoms with van der Waals surface area (Å²) in [6.07, 6.45) is -0.899. The number of nitrogens with one attached hydrogen (secondary N) is 1. The summed E-state index contributed by atoms with van der Waals surface area (Å²) in [5, 5.41) is 2.36. The maximum atomic E-state index is 15.2. The molecule has 4 rings (SSSR count). The van der Waals surface area contributed by atoms with Crippen molar-refractivity contribution >= 4 is 23.0 Å². The maximum absolute atomic E-state index is 15.2. The number of morpholine rings is 1. The summed E-state index contributed by atoms with van der Waals surface area (Å²) in [4.78, 5) is 30.6. The average molecular weight is 501 g/mol. The molecule has 10 heteroatoms. The van der Waals surface area contributed by atoms with Crippen LogP contribution < -0.4 is 5.32 Å². The van der Waals surface area contributed by atoms with Crippen LogP contribution in [-0.2, 0) is 16.0 Å². The zero-order valence-corrected chi connectivity index (χ0v) is 21.0. The van der Waals surface area contributed by atoms with Gasteiger partial charge in [-0.2, -0.15) is 0 Å². The summed E-state index contributed by atoms with van der Waals surface area (Å²) in [5.41, 5.74) is 1.09. The van der Waals surface area contributed by atoms with E-state index < -0.39 is 35.3 Å². The van der Waals surface area contributed by atoms with Gasteiger partial charge in [0.25, 0.3) is 5.91 Å². The SMILES string of the molecule is CNC(=O)c1cc(F)c(-c2nc3cc(C)ccc3n2C[C@@H]2CN(C(=O)OC(C)(C)C)CCO2)c(F)c1. The summed E-state index contributed by atoms with van der Waals surface area (Å²) in [6.45, 7) is 8.43. The molecule has 1 aliphatic heterocycles. The van der Waals surface area contributed by atoms with Gasteiger partial charge in [0.1, 0.15) is 23.1 Å². The smallest absolute Gasteiger partial charge is 0.410 e. The first kappa shape index (κ1) is 25.6. The highest BCUT2D eigenvalue weighted by molar-refractivity contribution is 5.94. The van der Waals surface area contributed by atoms with Gasteiger partial charge in [-0.15, -0.1) is 0 Å². The van der Waals surface area contributed by atoms with Crippen LogP contribution >= 0.6 is 0 Å². The normalized spacial score (nSPS) is 16.3. The van der Waals surface area contributed by atoms with E-state index in [0.29, 0.717) is 24.2 Å². The Morgan fingerprint density at radius 3 is 2.53 bits per heavy atom. The number of amides is 2. The van der Waals surface area contributed by atoms with E-state index in [9.17, 15) is 9.59 Å². The number of hydrogen-bond donors (Lipinski definition) is 1. The number of benzene rings is 2. The monoisotopic (exact) mass is 500 g/mol. The van der Waals surface area contributed by atoms with E-state index in [1.807, 2.05) is 25.1 Å². The van der Waals surface area contributed by atoms with Gasteiger partial charge in [-0.05, 0) is 57.5 Å². The van der Waals surface area contributed by atoms with Crippen molar-refractivity contribution in [2.75, 3.05) is 26.7 Å². The van der Waals surface area contributed by atoms with Crippen molar-refractivity contribution in [2.24, 2.45) is 0 Å². The Balaban J connectivity index is 1.72. The molecule has 0 spiro atoms. The Labute approximate surface area is 208 Å². The van der Waals surface area contributed by atoms with Gasteiger partial charge in [0.2, 0.25) is 0 Å². The molecule has 36 heavy (non-hydrogen) atoms. The van der Waals surface area contributed by atoms with E-state index >= 15 is 8.78 Å². The third-order valence-electron chi connectivity index (χ3n) is 5.84. The van der Waals surface area contributed by atoms with Crippen LogP contribution in [0.4, 0.5) is 13.6 Å². The van der Waals surface area contributed by atoms with Crippen LogP contribution in [0.25, 0.3) is 22.4 Å². The molecular weight excluding hydrogens is 470 g/mol. The number of rotatable bonds is 4. The summed E-state index contributed by atoms with van der Waals surface area (Å²) in [6, 6.07) is 7.55. The third kappa shape index (κ3) is 5.33. The summed E-state index contributed by atoms with van der Waals surface area (Å²) >= 11 is 0. The van der Waals surface area contributed by atoms with Crippen molar-refractivity contribution in [3.8, 4) is 11.4 Å². The molecule has 0 saturated carbocycles. The number of halogens is 2. The Hall–Kier alpha value is -3.53. The van der Waals surface area contributed by atoms with E-state index in [1.54, 1.807) is 30.2 Å². The Bertz CT molecular complexity index is 1290. The first-order valence-corrected chi connectivity index (χ1v) is 11.7. The fourth-order valence-corrected chi connectivity index (χ4v) is 4.20. The average Bonchev–Trinajstić information content (AvgIpc) is 3.13. The fourth-order valence-electron chi connectivity index (χ4n) is 4.20. The fraction of sp³-hybridized carbons (Fsp3) is 0.423. The predicted octanol–water partition coefficient (Wildman–Crippen LogP) is 4.29. The van der Waals surface area contributed by atoms with Crippen LogP contribution in [0.3, 0.4) is 0 Å². The van der Waals surface area contributed by atoms with E-state index in [2.05, 4.69) is 10.3 Å². The first-order chi connectivity index (χ1) is 17.0. The molecule has 1 aromatic heterocycles. The highest BCUT2D eigenvalue weighted by Crippen LogP contribution is 2.31. The van der Waals surface area contributed by atoms with E-state index in [0.717, 1.165) is 17.7 Å². The van der Waals surface area contributed by atoms with Crippen LogP contribution in [0.1, 0.15) is 36.7 Å². The molecule has 3 aromatic rings. The van der Waals surface area contributed by atoms with Gasteiger partial charge in [0, 0.05) is 19.2 Å². The highest BCUT2D eigenvalue weighted by Gasteiger charge is 2.30. The van der Waals surface area contributed by atoms with Crippen molar-refractivity contribution in [1.82, 2.24) is 19.8 Å². The number of imidazole rings is 1. The van der Waals surface area contributed by atoms with Gasteiger partial charge >= 0.3 is 6.09 Å². The second-order valence-electron chi connectivity index (χ2n) is 9.85. The van der Waals surface area contributed by atoms with Crippen molar-refractivity contribution < 1.29 is 27.8 Å². The molecule has 2 amide bonds. The molecule has 2 aromatic carbocycles. The molecule has 0 radical (unpaired) electrons. The van der Waals surface area contributed by atoms with Crippen molar-refractivity contribution in [3.63, 3.8) is 0 Å². The molecule has 1 aliphatic rings. The molecule has 1 atom stereocenters. The van der Waals surface area contributed by atoms with Gasteiger partial charge in [-0.3, -0.25) is 4.79 Å². The molecule has 0 aliphatic carbocycles. The molecule has 1 saturated heterocycles. The number of carbonyl (C=O) groups excluding carboxylic acids is 2. The van der Waals surface area contributed by atoms with Crippen molar-refractivity contribution in [3.05, 3.63) is 53.1 Å². The second kappa shape index (κ2) is 9.85. The van der Waals surface area contributed by atoms with Crippen LogP contribution in [0, 0.1) is 18.6 Å². The zero-order valence-electron chi connectivity index (χ0n) is 21.0. The third-order valence-corrected chi connectivity index (χ3v) is 5.84. The van der Waals surface area contributed by atoms with Gasteiger partial charge < -0.3 is 24.3 Å². The molecule has 0 unspecified atom stereocenters. The number of carbonyl (C=O) groups is 2. The minimum Gasteiger partial charge on any atom is -0.444 e. The Morgan fingerprint density at radius 2 is 1.89 bits per heavy atom. The quantitative estimate of drug-likeness (QED) is 0.578. The molecule has 1 fully saturated rings. The van der Waals surface area contributed by atoms with Crippen molar-refractivity contribution in [2.45, 2.75) is 45.9 Å². The molecule has 1 N–H and O–H groups in total. The molecule has 192 valence electrons.